The second kappa shape index (κ2) is 8.32. The number of aromatic nitrogens is 1. The molecule has 3 aromatic rings. The SMILES string of the molecule is Cc1cc(C(CCc2cnc3ccccc3c2)P2(=O)CCCCC2)cc(C)c1O. The summed E-state index contributed by atoms with van der Waals surface area (Å²) < 4.78 is 14.0. The van der Waals surface area contributed by atoms with E-state index in [1.54, 1.807) is 0 Å². The first-order valence-electron chi connectivity index (χ1n) is 10.7. The van der Waals surface area contributed by atoms with Crippen LogP contribution in [0, 0.1) is 13.8 Å². The van der Waals surface area contributed by atoms with Crippen molar-refractivity contribution in [2.45, 2.75) is 51.6 Å². The molecular formula is C25H30NO2P. The van der Waals surface area contributed by atoms with Crippen LogP contribution >= 0.6 is 7.14 Å². The van der Waals surface area contributed by atoms with Crippen LogP contribution < -0.4 is 0 Å². The summed E-state index contributed by atoms with van der Waals surface area (Å²) in [6, 6.07) is 14.5. The van der Waals surface area contributed by atoms with Crippen molar-refractivity contribution in [3.63, 3.8) is 0 Å². The normalized spacial score (nSPS) is 17.3. The van der Waals surface area contributed by atoms with Crippen LogP contribution in [0.4, 0.5) is 0 Å². The molecule has 0 amide bonds. The molecule has 4 heteroatoms. The summed E-state index contributed by atoms with van der Waals surface area (Å²) in [5, 5.41) is 11.4. The molecule has 1 atom stereocenters. The van der Waals surface area contributed by atoms with E-state index in [-0.39, 0.29) is 5.66 Å². The molecule has 0 radical (unpaired) electrons. The average Bonchev–Trinajstić information content (AvgIpc) is 2.72. The topological polar surface area (TPSA) is 50.2 Å². The van der Waals surface area contributed by atoms with E-state index in [0.29, 0.717) is 5.75 Å². The van der Waals surface area contributed by atoms with Crippen molar-refractivity contribution in [1.29, 1.82) is 0 Å². The van der Waals surface area contributed by atoms with Crippen molar-refractivity contribution >= 4 is 18.0 Å². The third kappa shape index (κ3) is 4.26. The third-order valence-corrected chi connectivity index (χ3v) is 10.2. The average molecular weight is 407 g/mol. The maximum absolute atomic E-state index is 14.0. The number of hydrogen-bond acceptors (Lipinski definition) is 3. The van der Waals surface area contributed by atoms with E-state index >= 15 is 0 Å². The van der Waals surface area contributed by atoms with Crippen LogP contribution in [0.2, 0.25) is 0 Å². The van der Waals surface area contributed by atoms with Gasteiger partial charge in [0.1, 0.15) is 5.75 Å². The van der Waals surface area contributed by atoms with Gasteiger partial charge in [0.25, 0.3) is 0 Å². The van der Waals surface area contributed by atoms with Crippen molar-refractivity contribution in [1.82, 2.24) is 4.98 Å². The molecular weight excluding hydrogens is 377 g/mol. The predicted molar refractivity (Wildman–Crippen MR) is 122 cm³/mol. The van der Waals surface area contributed by atoms with Gasteiger partial charge >= 0.3 is 0 Å². The standard InChI is InChI=1S/C25H30NO2P/c1-18-14-22(15-19(2)25(18)27)24(29(28)12-6-3-7-13-29)11-10-20-16-21-8-4-5-9-23(21)26-17-20/h4-5,8-9,14-17,24,27H,3,6-7,10-13H2,1-2H3. The third-order valence-electron chi connectivity index (χ3n) is 6.39. The predicted octanol–water partition coefficient (Wildman–Crippen LogP) is 6.78. The van der Waals surface area contributed by atoms with E-state index in [1.807, 2.05) is 38.2 Å². The molecule has 0 bridgehead atoms. The Hall–Kier alpha value is -2.12. The largest absolute Gasteiger partial charge is 0.507 e. The van der Waals surface area contributed by atoms with E-state index in [4.69, 9.17) is 0 Å². The Labute approximate surface area is 173 Å². The summed E-state index contributed by atoms with van der Waals surface area (Å²) >= 11 is 0. The molecule has 152 valence electrons. The molecule has 0 saturated carbocycles. The minimum Gasteiger partial charge on any atom is -0.507 e. The summed E-state index contributed by atoms with van der Waals surface area (Å²) in [7, 11) is -2.29. The number of hydrogen-bond donors (Lipinski definition) is 1. The molecule has 1 unspecified atom stereocenters. The van der Waals surface area contributed by atoms with Gasteiger partial charge < -0.3 is 9.67 Å². The van der Waals surface area contributed by atoms with E-state index in [9.17, 15) is 9.67 Å². The Kier molecular flexibility index (Phi) is 5.79. The quantitative estimate of drug-likeness (QED) is 0.474. The van der Waals surface area contributed by atoms with Crippen molar-refractivity contribution in [2.75, 3.05) is 12.3 Å². The summed E-state index contributed by atoms with van der Waals surface area (Å²) in [4.78, 5) is 4.60. The lowest BCUT2D eigenvalue weighted by atomic mass is 9.99. The molecule has 0 aliphatic carbocycles. The van der Waals surface area contributed by atoms with Crippen LogP contribution in [0.25, 0.3) is 10.9 Å². The van der Waals surface area contributed by atoms with Crippen LogP contribution in [-0.4, -0.2) is 22.4 Å². The van der Waals surface area contributed by atoms with Crippen LogP contribution in [0.1, 0.15) is 53.6 Å². The van der Waals surface area contributed by atoms with Gasteiger partial charge in [-0.05, 0) is 73.9 Å². The number of fused-ring (bicyclic) bond motifs is 1. The number of phenols is 1. The maximum Gasteiger partial charge on any atom is 0.121 e. The lowest BCUT2D eigenvalue weighted by Gasteiger charge is -2.32. The molecule has 4 rings (SSSR count). The smallest absolute Gasteiger partial charge is 0.121 e. The van der Waals surface area contributed by atoms with Crippen molar-refractivity contribution in [2.24, 2.45) is 0 Å². The molecule has 29 heavy (non-hydrogen) atoms. The molecule has 0 spiro atoms. The number of aromatic hydroxyl groups is 1. The molecule has 1 aliphatic rings. The number of pyridine rings is 1. The molecule has 1 aliphatic heterocycles. The molecule has 3 nitrogen and oxygen atoms in total. The van der Waals surface area contributed by atoms with Crippen molar-refractivity contribution in [3.05, 3.63) is 70.9 Å². The summed E-state index contributed by atoms with van der Waals surface area (Å²) in [6.45, 7) is 3.87. The van der Waals surface area contributed by atoms with Gasteiger partial charge in [0.15, 0.2) is 0 Å². The molecule has 1 saturated heterocycles. The highest BCUT2D eigenvalue weighted by molar-refractivity contribution is 7.64. The monoisotopic (exact) mass is 407 g/mol. The molecule has 2 heterocycles. The number of rotatable bonds is 5. The Morgan fingerprint density at radius 2 is 1.72 bits per heavy atom. The highest BCUT2D eigenvalue weighted by atomic mass is 31.2. The maximum atomic E-state index is 14.0. The number of benzene rings is 2. The van der Waals surface area contributed by atoms with Gasteiger partial charge in [-0.25, -0.2) is 0 Å². The molecule has 1 fully saturated rings. The highest BCUT2D eigenvalue weighted by Gasteiger charge is 2.35. The zero-order valence-corrected chi connectivity index (χ0v) is 18.3. The van der Waals surface area contributed by atoms with Gasteiger partial charge in [-0.15, -0.1) is 0 Å². The minimum absolute atomic E-state index is 0.0623. The summed E-state index contributed by atoms with van der Waals surface area (Å²) in [5.41, 5.74) is 5.16. The van der Waals surface area contributed by atoms with Gasteiger partial charge in [0.05, 0.1) is 12.7 Å². The van der Waals surface area contributed by atoms with Crippen LogP contribution in [-0.2, 0) is 11.0 Å². The Bertz CT molecular complexity index is 1040. The first-order valence-corrected chi connectivity index (χ1v) is 12.8. The zero-order chi connectivity index (χ0) is 20.4. The molecule has 1 aromatic heterocycles. The lowest BCUT2D eigenvalue weighted by molar-refractivity contribution is 0.466. The van der Waals surface area contributed by atoms with E-state index in [2.05, 4.69) is 29.2 Å². The van der Waals surface area contributed by atoms with Gasteiger partial charge in [-0.3, -0.25) is 4.98 Å². The zero-order valence-electron chi connectivity index (χ0n) is 17.4. The van der Waals surface area contributed by atoms with Crippen LogP contribution in [0.15, 0.2) is 48.7 Å². The Balaban J connectivity index is 1.65. The fourth-order valence-electron chi connectivity index (χ4n) is 4.77. The van der Waals surface area contributed by atoms with E-state index in [1.165, 1.54) is 12.0 Å². The van der Waals surface area contributed by atoms with Gasteiger partial charge in [0, 0.05) is 29.6 Å². The van der Waals surface area contributed by atoms with E-state index < -0.39 is 7.14 Å². The summed E-state index contributed by atoms with van der Waals surface area (Å²) in [5.74, 6) is 0.355. The minimum atomic E-state index is -2.29. The van der Waals surface area contributed by atoms with E-state index in [0.717, 1.165) is 65.6 Å². The second-order valence-corrected chi connectivity index (χ2v) is 12.0. The fraction of sp³-hybridized carbons (Fsp3) is 0.400. The number of para-hydroxylation sites is 1. The van der Waals surface area contributed by atoms with Crippen LogP contribution in [0.5, 0.6) is 5.75 Å². The second-order valence-electron chi connectivity index (χ2n) is 8.55. The highest BCUT2D eigenvalue weighted by Crippen LogP contribution is 2.63. The lowest BCUT2D eigenvalue weighted by Crippen LogP contribution is -2.12. The van der Waals surface area contributed by atoms with Crippen LogP contribution in [0.3, 0.4) is 0 Å². The van der Waals surface area contributed by atoms with Gasteiger partial charge in [0.2, 0.25) is 0 Å². The van der Waals surface area contributed by atoms with Gasteiger partial charge in [-0.1, -0.05) is 36.8 Å². The van der Waals surface area contributed by atoms with Gasteiger partial charge in [-0.2, -0.15) is 0 Å². The number of nitrogens with zero attached hydrogens (tertiary/aromatic N) is 1. The fourth-order valence-corrected chi connectivity index (χ4v) is 8.43. The Morgan fingerprint density at radius 3 is 2.45 bits per heavy atom. The number of aryl methyl sites for hydroxylation is 3. The Morgan fingerprint density at radius 1 is 1.03 bits per heavy atom. The molecule has 2 aromatic carbocycles. The van der Waals surface area contributed by atoms with Crippen molar-refractivity contribution < 1.29 is 9.67 Å². The first-order chi connectivity index (χ1) is 14.0. The summed E-state index contributed by atoms with van der Waals surface area (Å²) in [6.07, 6.45) is 8.73. The first kappa shape index (κ1) is 20.2. The van der Waals surface area contributed by atoms with Crippen molar-refractivity contribution in [3.8, 4) is 5.75 Å². The molecule has 1 N–H and O–H groups in total. The number of phenolic OH excluding ortho intramolecular Hbond substituents is 1.